The molecule has 0 spiro atoms. The van der Waals surface area contributed by atoms with Crippen LogP contribution in [-0.2, 0) is 17.5 Å². The van der Waals surface area contributed by atoms with E-state index in [0.29, 0.717) is 17.1 Å². The highest BCUT2D eigenvalue weighted by Crippen LogP contribution is 2.42. The van der Waals surface area contributed by atoms with Gasteiger partial charge in [-0.15, -0.1) is 0 Å². The number of methoxy groups -OCH3 is 1. The molecule has 0 radical (unpaired) electrons. The van der Waals surface area contributed by atoms with Crippen LogP contribution < -0.4 is 10.1 Å². The normalized spacial score (nSPS) is 15.5. The van der Waals surface area contributed by atoms with Gasteiger partial charge in [-0.2, -0.15) is 18.3 Å². The molecule has 1 aromatic carbocycles. The van der Waals surface area contributed by atoms with Crippen LogP contribution in [0.2, 0.25) is 0 Å². The minimum Gasteiger partial charge on any atom is -0.495 e. The van der Waals surface area contributed by atoms with Crippen molar-refractivity contribution in [2.45, 2.75) is 45.3 Å². The molecule has 1 heterocycles. The molecule has 146 valence electrons. The summed E-state index contributed by atoms with van der Waals surface area (Å²) < 4.78 is 45.6. The SMILES string of the molecule is COc1ccc(C)cc1NC(=O)C(C)Cn1nc(C(F)(F)F)cc1C1CC1. The van der Waals surface area contributed by atoms with Crippen LogP contribution in [0.5, 0.6) is 5.75 Å². The first-order chi connectivity index (χ1) is 12.7. The smallest absolute Gasteiger partial charge is 0.435 e. The van der Waals surface area contributed by atoms with E-state index < -0.39 is 17.8 Å². The molecule has 5 nitrogen and oxygen atoms in total. The molecule has 1 unspecified atom stereocenters. The highest BCUT2D eigenvalue weighted by molar-refractivity contribution is 5.93. The Balaban J connectivity index is 1.75. The van der Waals surface area contributed by atoms with Crippen molar-refractivity contribution >= 4 is 11.6 Å². The monoisotopic (exact) mass is 381 g/mol. The van der Waals surface area contributed by atoms with Gasteiger partial charge in [-0.3, -0.25) is 9.48 Å². The van der Waals surface area contributed by atoms with Gasteiger partial charge in [0.15, 0.2) is 5.69 Å². The highest BCUT2D eigenvalue weighted by Gasteiger charge is 2.38. The van der Waals surface area contributed by atoms with Crippen LogP contribution in [0.1, 0.15) is 42.6 Å². The summed E-state index contributed by atoms with van der Waals surface area (Å²) in [6.07, 6.45) is -2.79. The van der Waals surface area contributed by atoms with Gasteiger partial charge in [0.2, 0.25) is 5.91 Å². The van der Waals surface area contributed by atoms with Gasteiger partial charge >= 0.3 is 6.18 Å². The Labute approximate surface area is 155 Å². The topological polar surface area (TPSA) is 56.1 Å². The molecule has 1 saturated carbocycles. The fourth-order valence-corrected chi connectivity index (χ4v) is 2.94. The van der Waals surface area contributed by atoms with E-state index in [2.05, 4.69) is 10.4 Å². The van der Waals surface area contributed by atoms with Crippen molar-refractivity contribution in [3.05, 3.63) is 41.2 Å². The zero-order valence-corrected chi connectivity index (χ0v) is 15.4. The Morgan fingerprint density at radius 1 is 1.37 bits per heavy atom. The number of aromatic nitrogens is 2. The lowest BCUT2D eigenvalue weighted by Crippen LogP contribution is -2.26. The molecule has 0 saturated heterocycles. The Morgan fingerprint density at radius 3 is 2.67 bits per heavy atom. The third kappa shape index (κ3) is 4.43. The van der Waals surface area contributed by atoms with Crippen LogP contribution in [0.25, 0.3) is 0 Å². The van der Waals surface area contributed by atoms with Crippen molar-refractivity contribution in [3.8, 4) is 5.75 Å². The lowest BCUT2D eigenvalue weighted by atomic mass is 10.1. The number of hydrogen-bond acceptors (Lipinski definition) is 3. The van der Waals surface area contributed by atoms with Crippen molar-refractivity contribution in [2.75, 3.05) is 12.4 Å². The Morgan fingerprint density at radius 2 is 2.07 bits per heavy atom. The van der Waals surface area contributed by atoms with Gasteiger partial charge in [0, 0.05) is 11.6 Å². The lowest BCUT2D eigenvalue weighted by Gasteiger charge is -2.16. The lowest BCUT2D eigenvalue weighted by molar-refractivity contribution is -0.141. The van der Waals surface area contributed by atoms with Gasteiger partial charge < -0.3 is 10.1 Å². The second-order valence-electron chi connectivity index (χ2n) is 7.00. The van der Waals surface area contributed by atoms with E-state index in [1.165, 1.54) is 11.8 Å². The van der Waals surface area contributed by atoms with E-state index in [0.717, 1.165) is 24.5 Å². The van der Waals surface area contributed by atoms with E-state index in [9.17, 15) is 18.0 Å². The Kier molecular flexibility index (Phi) is 5.17. The van der Waals surface area contributed by atoms with E-state index in [1.54, 1.807) is 19.1 Å². The number of hydrogen-bond donors (Lipinski definition) is 1. The van der Waals surface area contributed by atoms with Crippen LogP contribution in [0.15, 0.2) is 24.3 Å². The van der Waals surface area contributed by atoms with E-state index in [-0.39, 0.29) is 18.4 Å². The summed E-state index contributed by atoms with van der Waals surface area (Å²) in [6, 6.07) is 6.51. The maximum absolute atomic E-state index is 13.0. The van der Waals surface area contributed by atoms with E-state index in [4.69, 9.17) is 4.74 Å². The molecule has 1 N–H and O–H groups in total. The molecule has 1 aliphatic rings. The first-order valence-electron chi connectivity index (χ1n) is 8.79. The number of carbonyl (C=O) groups is 1. The van der Waals surface area contributed by atoms with Crippen molar-refractivity contribution in [1.29, 1.82) is 0 Å². The minimum absolute atomic E-state index is 0.0852. The maximum Gasteiger partial charge on any atom is 0.435 e. The molecule has 2 aromatic rings. The fraction of sp³-hybridized carbons (Fsp3) is 0.474. The van der Waals surface area contributed by atoms with Gasteiger partial charge in [0.1, 0.15) is 5.75 Å². The zero-order valence-electron chi connectivity index (χ0n) is 15.4. The molecular formula is C19H22F3N3O2. The third-order valence-electron chi connectivity index (χ3n) is 4.60. The van der Waals surface area contributed by atoms with Crippen molar-refractivity contribution in [1.82, 2.24) is 9.78 Å². The summed E-state index contributed by atoms with van der Waals surface area (Å²) in [6.45, 7) is 3.65. The molecule has 0 aliphatic heterocycles. The van der Waals surface area contributed by atoms with Crippen LogP contribution in [0, 0.1) is 12.8 Å². The molecule has 1 atom stereocenters. The van der Waals surface area contributed by atoms with Crippen LogP contribution in [0.3, 0.4) is 0 Å². The van der Waals surface area contributed by atoms with Crippen LogP contribution in [0.4, 0.5) is 18.9 Å². The third-order valence-corrected chi connectivity index (χ3v) is 4.60. The number of benzene rings is 1. The largest absolute Gasteiger partial charge is 0.495 e. The highest BCUT2D eigenvalue weighted by atomic mass is 19.4. The van der Waals surface area contributed by atoms with E-state index in [1.807, 2.05) is 13.0 Å². The fourth-order valence-electron chi connectivity index (χ4n) is 2.94. The molecule has 1 aliphatic carbocycles. The number of rotatable bonds is 6. The quantitative estimate of drug-likeness (QED) is 0.808. The molecule has 8 heteroatoms. The summed E-state index contributed by atoms with van der Waals surface area (Å²) >= 11 is 0. The summed E-state index contributed by atoms with van der Waals surface area (Å²) in [4.78, 5) is 12.6. The van der Waals surface area contributed by atoms with Crippen LogP contribution >= 0.6 is 0 Å². The molecule has 0 bridgehead atoms. The molecule has 1 amide bonds. The summed E-state index contributed by atoms with van der Waals surface area (Å²) in [7, 11) is 1.51. The van der Waals surface area contributed by atoms with Gasteiger partial charge in [-0.1, -0.05) is 13.0 Å². The molecule has 1 fully saturated rings. The Hall–Kier alpha value is -2.51. The number of amides is 1. The zero-order chi connectivity index (χ0) is 19.8. The number of nitrogens with zero attached hydrogens (tertiary/aromatic N) is 2. The number of halogens is 3. The number of nitrogens with one attached hydrogen (secondary N) is 1. The van der Waals surface area contributed by atoms with Gasteiger partial charge in [0.25, 0.3) is 0 Å². The predicted octanol–water partition coefficient (Wildman–Crippen LogP) is 4.37. The first-order valence-corrected chi connectivity index (χ1v) is 8.79. The molecule has 1 aromatic heterocycles. The minimum atomic E-state index is -4.49. The second kappa shape index (κ2) is 7.25. The second-order valence-corrected chi connectivity index (χ2v) is 7.00. The van der Waals surface area contributed by atoms with Gasteiger partial charge in [-0.25, -0.2) is 0 Å². The van der Waals surface area contributed by atoms with Crippen molar-refractivity contribution in [2.24, 2.45) is 5.92 Å². The van der Waals surface area contributed by atoms with Crippen molar-refractivity contribution < 1.29 is 22.7 Å². The molecule has 27 heavy (non-hydrogen) atoms. The molecule has 3 rings (SSSR count). The number of carbonyl (C=O) groups excluding carboxylic acids is 1. The number of ether oxygens (including phenoxy) is 1. The van der Waals surface area contributed by atoms with Gasteiger partial charge in [0.05, 0.1) is 25.3 Å². The standard InChI is InChI=1S/C19H22F3N3O2/c1-11-4-7-16(27-3)14(8-11)23-18(26)12(2)10-25-15(13-5-6-13)9-17(24-25)19(20,21)22/h4,7-9,12-13H,5-6,10H2,1-3H3,(H,23,26). The average molecular weight is 381 g/mol. The number of anilines is 1. The van der Waals surface area contributed by atoms with Crippen LogP contribution in [-0.4, -0.2) is 22.8 Å². The number of aryl methyl sites for hydroxylation is 1. The van der Waals surface area contributed by atoms with Crippen molar-refractivity contribution in [3.63, 3.8) is 0 Å². The summed E-state index contributed by atoms with van der Waals surface area (Å²) in [5.41, 5.74) is 1.14. The average Bonchev–Trinajstić information content (AvgIpc) is 3.34. The van der Waals surface area contributed by atoms with E-state index >= 15 is 0 Å². The summed E-state index contributed by atoms with van der Waals surface area (Å²) in [5.74, 6) is -0.239. The Bertz CT molecular complexity index is 841. The first kappa shape index (κ1) is 19.3. The molecular weight excluding hydrogens is 359 g/mol. The number of alkyl halides is 3. The summed E-state index contributed by atoms with van der Waals surface area (Å²) in [5, 5.41) is 6.50. The maximum atomic E-state index is 13.0. The van der Waals surface area contributed by atoms with Gasteiger partial charge in [-0.05, 0) is 43.5 Å². The predicted molar refractivity (Wildman–Crippen MR) is 94.7 cm³/mol.